The Kier molecular flexibility index (Phi) is 3.60. The highest BCUT2D eigenvalue weighted by molar-refractivity contribution is 5.89. The van der Waals surface area contributed by atoms with Gasteiger partial charge in [-0.15, -0.1) is 0 Å². The van der Waals surface area contributed by atoms with Crippen LogP contribution >= 0.6 is 0 Å². The van der Waals surface area contributed by atoms with Gasteiger partial charge < -0.3 is 10.1 Å². The molecule has 0 saturated carbocycles. The number of amides is 2. The van der Waals surface area contributed by atoms with Crippen LogP contribution in [0, 0.1) is 0 Å². The number of nitrogens with zero attached hydrogens (tertiary/aromatic N) is 1. The third-order valence-corrected chi connectivity index (χ3v) is 1.47. The highest BCUT2D eigenvalue weighted by Crippen LogP contribution is 1.98. The van der Waals surface area contributed by atoms with Crippen molar-refractivity contribution in [1.82, 2.24) is 10.3 Å². The van der Waals surface area contributed by atoms with Crippen LogP contribution in [0.5, 0.6) is 0 Å². The highest BCUT2D eigenvalue weighted by atomic mass is 16.2. The maximum Gasteiger partial charge on any atom is 0.320 e. The number of carbonyl (C=O) groups excluding carboxylic acids is 2. The van der Waals surface area contributed by atoms with E-state index in [0.717, 1.165) is 0 Å². The first-order valence-electron chi connectivity index (χ1n) is 4.16. The number of carbonyl (C=O) groups is 2. The van der Waals surface area contributed by atoms with Crippen molar-refractivity contribution in [2.24, 2.45) is 0 Å². The van der Waals surface area contributed by atoms with Crippen LogP contribution in [-0.2, 0) is 4.79 Å². The van der Waals surface area contributed by atoms with E-state index in [1.807, 2.05) is 0 Å². The largest absolute Gasteiger partial charge is 0.329 e. The second kappa shape index (κ2) is 4.96. The summed E-state index contributed by atoms with van der Waals surface area (Å²) < 4.78 is 0. The molecule has 2 N–H and O–H groups in total. The Morgan fingerprint density at radius 3 is 2.93 bits per heavy atom. The average Bonchev–Trinajstić information content (AvgIpc) is 2.19. The van der Waals surface area contributed by atoms with Crippen molar-refractivity contribution in [1.29, 1.82) is 0 Å². The van der Waals surface area contributed by atoms with Crippen LogP contribution in [0.3, 0.4) is 0 Å². The van der Waals surface area contributed by atoms with Crippen LogP contribution in [0.15, 0.2) is 24.4 Å². The van der Waals surface area contributed by atoms with Gasteiger partial charge in [0.1, 0.15) is 12.1 Å². The summed E-state index contributed by atoms with van der Waals surface area (Å²) in [7, 11) is 0. The Hall–Kier alpha value is -1.91. The second-order valence-electron chi connectivity index (χ2n) is 2.74. The number of aldehydes is 1. The van der Waals surface area contributed by atoms with E-state index in [-0.39, 0.29) is 0 Å². The van der Waals surface area contributed by atoms with E-state index in [1.54, 1.807) is 31.3 Å². The molecular weight excluding hydrogens is 182 g/mol. The van der Waals surface area contributed by atoms with Gasteiger partial charge in [-0.05, 0) is 19.1 Å². The van der Waals surface area contributed by atoms with Crippen LogP contribution in [0.2, 0.25) is 0 Å². The quantitative estimate of drug-likeness (QED) is 0.697. The SMILES string of the molecule is CC(C=O)NC(=O)Nc1ccccn1. The number of rotatable bonds is 3. The molecule has 14 heavy (non-hydrogen) atoms. The zero-order chi connectivity index (χ0) is 10.4. The lowest BCUT2D eigenvalue weighted by atomic mass is 10.4. The minimum atomic E-state index is -0.501. The smallest absolute Gasteiger partial charge is 0.320 e. The minimum absolute atomic E-state index is 0.441. The fourth-order valence-corrected chi connectivity index (χ4v) is 0.830. The molecule has 1 atom stereocenters. The monoisotopic (exact) mass is 193 g/mol. The van der Waals surface area contributed by atoms with Crippen LogP contribution < -0.4 is 10.6 Å². The number of pyridine rings is 1. The van der Waals surface area contributed by atoms with Gasteiger partial charge in [0.2, 0.25) is 0 Å². The molecule has 0 aliphatic heterocycles. The zero-order valence-corrected chi connectivity index (χ0v) is 7.73. The first-order valence-corrected chi connectivity index (χ1v) is 4.16. The number of anilines is 1. The summed E-state index contributed by atoms with van der Waals surface area (Å²) in [5.41, 5.74) is 0. The van der Waals surface area contributed by atoms with Gasteiger partial charge in [-0.2, -0.15) is 0 Å². The van der Waals surface area contributed by atoms with E-state index >= 15 is 0 Å². The molecule has 0 spiro atoms. The summed E-state index contributed by atoms with van der Waals surface area (Å²) in [5.74, 6) is 0.447. The summed E-state index contributed by atoms with van der Waals surface area (Å²) in [6.07, 6.45) is 2.22. The van der Waals surface area contributed by atoms with Gasteiger partial charge in [0.15, 0.2) is 0 Å². The topological polar surface area (TPSA) is 71.1 Å². The van der Waals surface area contributed by atoms with Crippen molar-refractivity contribution in [2.45, 2.75) is 13.0 Å². The molecule has 0 radical (unpaired) electrons. The number of aromatic nitrogens is 1. The minimum Gasteiger partial charge on any atom is -0.329 e. The number of hydrogen-bond donors (Lipinski definition) is 2. The molecule has 0 fully saturated rings. The zero-order valence-electron chi connectivity index (χ0n) is 7.73. The molecule has 0 saturated heterocycles. The maximum atomic E-state index is 11.2. The van der Waals surface area contributed by atoms with E-state index in [2.05, 4.69) is 15.6 Å². The lowest BCUT2D eigenvalue weighted by molar-refractivity contribution is -0.109. The summed E-state index contributed by atoms with van der Waals surface area (Å²) in [5, 5.41) is 4.91. The molecule has 2 amide bonds. The van der Waals surface area contributed by atoms with Gasteiger partial charge in [0.05, 0.1) is 6.04 Å². The lowest BCUT2D eigenvalue weighted by Gasteiger charge is -2.07. The average molecular weight is 193 g/mol. The normalized spacial score (nSPS) is 11.5. The Morgan fingerprint density at radius 2 is 2.36 bits per heavy atom. The van der Waals surface area contributed by atoms with Crippen LogP contribution in [0.4, 0.5) is 10.6 Å². The summed E-state index contributed by atoms with van der Waals surface area (Å²) in [6, 6.07) is 4.22. The molecule has 0 bridgehead atoms. The molecule has 1 aromatic rings. The Labute approximate surface area is 81.5 Å². The second-order valence-corrected chi connectivity index (χ2v) is 2.74. The van der Waals surface area contributed by atoms with Crippen molar-refractivity contribution in [3.8, 4) is 0 Å². The van der Waals surface area contributed by atoms with Crippen molar-refractivity contribution < 1.29 is 9.59 Å². The Balaban J connectivity index is 2.46. The number of urea groups is 1. The third kappa shape index (κ3) is 3.22. The first-order chi connectivity index (χ1) is 6.72. The molecule has 1 rings (SSSR count). The van der Waals surface area contributed by atoms with Gasteiger partial charge in [0, 0.05) is 6.20 Å². The molecule has 5 nitrogen and oxygen atoms in total. The van der Waals surface area contributed by atoms with Crippen LogP contribution in [-0.4, -0.2) is 23.3 Å². The van der Waals surface area contributed by atoms with Gasteiger partial charge in [-0.3, -0.25) is 5.32 Å². The molecular formula is C9H11N3O2. The van der Waals surface area contributed by atoms with Crippen molar-refractivity contribution in [3.63, 3.8) is 0 Å². The standard InChI is InChI=1S/C9H11N3O2/c1-7(6-13)11-9(14)12-8-4-2-3-5-10-8/h2-7H,1H3,(H2,10,11,12,14). The van der Waals surface area contributed by atoms with Crippen molar-refractivity contribution >= 4 is 18.1 Å². The molecule has 74 valence electrons. The first kappa shape index (κ1) is 10.2. The summed E-state index contributed by atoms with van der Waals surface area (Å²) >= 11 is 0. The van der Waals surface area contributed by atoms with E-state index in [4.69, 9.17) is 0 Å². The third-order valence-electron chi connectivity index (χ3n) is 1.47. The fourth-order valence-electron chi connectivity index (χ4n) is 0.830. The molecule has 0 aromatic carbocycles. The number of nitrogens with one attached hydrogen (secondary N) is 2. The van der Waals surface area contributed by atoms with Crippen molar-refractivity contribution in [3.05, 3.63) is 24.4 Å². The van der Waals surface area contributed by atoms with Crippen LogP contribution in [0.1, 0.15) is 6.92 Å². The lowest BCUT2D eigenvalue weighted by Crippen LogP contribution is -2.37. The molecule has 1 unspecified atom stereocenters. The maximum absolute atomic E-state index is 11.2. The Morgan fingerprint density at radius 1 is 1.57 bits per heavy atom. The van der Waals surface area contributed by atoms with E-state index in [0.29, 0.717) is 12.1 Å². The van der Waals surface area contributed by atoms with Gasteiger partial charge in [-0.1, -0.05) is 6.07 Å². The predicted molar refractivity (Wildman–Crippen MR) is 51.9 cm³/mol. The number of hydrogen-bond acceptors (Lipinski definition) is 3. The molecule has 1 aromatic heterocycles. The highest BCUT2D eigenvalue weighted by Gasteiger charge is 2.05. The summed E-state index contributed by atoms with van der Waals surface area (Å²) in [6.45, 7) is 1.59. The van der Waals surface area contributed by atoms with Gasteiger partial charge in [0.25, 0.3) is 0 Å². The molecule has 5 heteroatoms. The van der Waals surface area contributed by atoms with Gasteiger partial charge in [-0.25, -0.2) is 9.78 Å². The fraction of sp³-hybridized carbons (Fsp3) is 0.222. The Bertz CT molecular complexity index is 313. The molecule has 1 heterocycles. The van der Waals surface area contributed by atoms with E-state index < -0.39 is 12.1 Å². The van der Waals surface area contributed by atoms with Crippen LogP contribution in [0.25, 0.3) is 0 Å². The van der Waals surface area contributed by atoms with E-state index in [1.165, 1.54) is 0 Å². The van der Waals surface area contributed by atoms with Crippen molar-refractivity contribution in [2.75, 3.05) is 5.32 Å². The predicted octanol–water partition coefficient (Wildman–Crippen LogP) is 0.791. The molecule has 0 aliphatic carbocycles. The van der Waals surface area contributed by atoms with E-state index in [9.17, 15) is 9.59 Å². The summed E-state index contributed by atoms with van der Waals surface area (Å²) in [4.78, 5) is 25.3. The molecule has 0 aliphatic rings. The van der Waals surface area contributed by atoms with Gasteiger partial charge >= 0.3 is 6.03 Å².